The van der Waals surface area contributed by atoms with Crippen molar-refractivity contribution in [2.24, 2.45) is 0 Å². The summed E-state index contributed by atoms with van der Waals surface area (Å²) < 4.78 is 36.1. The van der Waals surface area contributed by atoms with Gasteiger partial charge in [0.2, 0.25) is 5.95 Å². The van der Waals surface area contributed by atoms with E-state index in [-0.39, 0.29) is 24.1 Å². The van der Waals surface area contributed by atoms with Crippen molar-refractivity contribution in [2.45, 2.75) is 12.4 Å². The first-order valence-electron chi connectivity index (χ1n) is 5.89. The molecule has 6 nitrogen and oxygen atoms in total. The summed E-state index contributed by atoms with van der Waals surface area (Å²) in [5.74, 6) is 0.765. The van der Waals surface area contributed by atoms with E-state index >= 15 is 0 Å². The third kappa shape index (κ3) is 3.89. The first-order chi connectivity index (χ1) is 9.49. The number of nitrogens with zero attached hydrogens (tertiary/aromatic N) is 3. The van der Waals surface area contributed by atoms with Crippen molar-refractivity contribution in [3.05, 3.63) is 6.20 Å². The Hall–Kier alpha value is -1.71. The summed E-state index contributed by atoms with van der Waals surface area (Å²) in [6, 6.07) is 0. The number of aromatic nitrogens is 4. The fourth-order valence-electron chi connectivity index (χ4n) is 1.54. The lowest BCUT2D eigenvalue weighted by atomic mass is 10.4. The largest absolute Gasteiger partial charge is 0.441 e. The predicted octanol–water partition coefficient (Wildman–Crippen LogP) is 2.45. The normalized spacial score (nSPS) is 11.8. The Kier molecular flexibility index (Phi) is 4.53. The molecule has 0 spiro atoms. The molecule has 0 saturated carbocycles. The van der Waals surface area contributed by atoms with Gasteiger partial charge in [-0.1, -0.05) is 0 Å². The summed E-state index contributed by atoms with van der Waals surface area (Å²) in [7, 11) is 0. The van der Waals surface area contributed by atoms with E-state index in [2.05, 4.69) is 30.8 Å². The summed E-state index contributed by atoms with van der Waals surface area (Å²) in [6.07, 6.45) is 1.53. The van der Waals surface area contributed by atoms with E-state index in [1.807, 2.05) is 6.92 Å². The lowest BCUT2D eigenvalue weighted by molar-refractivity contribution is -0.0327. The number of hydrogen-bond donors (Lipinski definition) is 3. The Bertz CT molecular complexity index is 570. The minimum atomic E-state index is -4.22. The van der Waals surface area contributed by atoms with Gasteiger partial charge in [-0.25, -0.2) is 0 Å². The van der Waals surface area contributed by atoms with Gasteiger partial charge in [-0.15, -0.1) is 0 Å². The Morgan fingerprint density at radius 2 is 2.10 bits per heavy atom. The number of nitrogens with one attached hydrogen (secondary N) is 3. The average Bonchev–Trinajstić information content (AvgIpc) is 2.82. The van der Waals surface area contributed by atoms with Crippen LogP contribution in [0.3, 0.4) is 0 Å². The molecule has 2 rings (SSSR count). The van der Waals surface area contributed by atoms with Crippen LogP contribution in [0.4, 0.5) is 24.9 Å². The molecular formula is C10H13F3N6S. The number of anilines is 2. The van der Waals surface area contributed by atoms with Crippen LogP contribution in [-0.2, 0) is 0 Å². The van der Waals surface area contributed by atoms with Crippen LogP contribution >= 0.6 is 11.8 Å². The number of halogens is 3. The van der Waals surface area contributed by atoms with Crippen molar-refractivity contribution in [1.82, 2.24) is 20.2 Å². The van der Waals surface area contributed by atoms with Gasteiger partial charge in [0.05, 0.1) is 11.6 Å². The zero-order chi connectivity index (χ0) is 14.6. The van der Waals surface area contributed by atoms with Crippen LogP contribution in [0.5, 0.6) is 0 Å². The van der Waals surface area contributed by atoms with Crippen LogP contribution in [0.2, 0.25) is 0 Å². The number of aromatic amines is 1. The molecule has 0 aliphatic rings. The summed E-state index contributed by atoms with van der Waals surface area (Å²) in [5, 5.41) is 13.0. The smallest absolute Gasteiger partial charge is 0.368 e. The SMILES string of the molecule is CCNc1nc(NCCSC(F)(F)F)c2cn[nH]c2n1. The second-order valence-electron chi connectivity index (χ2n) is 3.78. The Balaban J connectivity index is 2.06. The molecule has 0 bridgehead atoms. The number of hydrogen-bond acceptors (Lipinski definition) is 6. The lowest BCUT2D eigenvalue weighted by Gasteiger charge is -2.09. The summed E-state index contributed by atoms with van der Waals surface area (Å²) in [5.41, 5.74) is -3.69. The quantitative estimate of drug-likeness (QED) is 0.712. The molecule has 0 saturated heterocycles. The predicted molar refractivity (Wildman–Crippen MR) is 72.9 cm³/mol. The van der Waals surface area contributed by atoms with E-state index in [0.717, 1.165) is 0 Å². The molecule has 0 unspecified atom stereocenters. The topological polar surface area (TPSA) is 78.5 Å². The number of alkyl halides is 3. The van der Waals surface area contributed by atoms with E-state index < -0.39 is 5.51 Å². The molecule has 0 radical (unpaired) electrons. The second-order valence-corrected chi connectivity index (χ2v) is 4.94. The molecule has 2 aromatic rings. The highest BCUT2D eigenvalue weighted by Crippen LogP contribution is 2.29. The fraction of sp³-hybridized carbons (Fsp3) is 0.500. The molecule has 0 aromatic carbocycles. The molecule has 0 aliphatic heterocycles. The maximum Gasteiger partial charge on any atom is 0.441 e. The Morgan fingerprint density at radius 3 is 2.80 bits per heavy atom. The van der Waals surface area contributed by atoms with Gasteiger partial charge >= 0.3 is 5.51 Å². The number of thioether (sulfide) groups is 1. The highest BCUT2D eigenvalue weighted by Gasteiger charge is 2.27. The zero-order valence-electron chi connectivity index (χ0n) is 10.6. The maximum absolute atomic E-state index is 12.0. The lowest BCUT2D eigenvalue weighted by Crippen LogP contribution is -2.12. The molecule has 3 N–H and O–H groups in total. The first kappa shape index (κ1) is 14.7. The monoisotopic (exact) mass is 306 g/mol. The van der Waals surface area contributed by atoms with Gasteiger partial charge in [-0.05, 0) is 18.7 Å². The van der Waals surface area contributed by atoms with E-state index in [9.17, 15) is 13.2 Å². The van der Waals surface area contributed by atoms with E-state index in [1.54, 1.807) is 0 Å². The van der Waals surface area contributed by atoms with Gasteiger partial charge in [-0.2, -0.15) is 28.2 Å². The van der Waals surface area contributed by atoms with Crippen LogP contribution in [0.15, 0.2) is 6.20 Å². The van der Waals surface area contributed by atoms with Crippen molar-refractivity contribution in [1.29, 1.82) is 0 Å². The third-order valence-corrected chi connectivity index (χ3v) is 3.04. The van der Waals surface area contributed by atoms with Crippen molar-refractivity contribution >= 4 is 34.6 Å². The minimum Gasteiger partial charge on any atom is -0.368 e. The van der Waals surface area contributed by atoms with Crippen molar-refractivity contribution in [2.75, 3.05) is 29.5 Å². The minimum absolute atomic E-state index is 0.0702. The van der Waals surface area contributed by atoms with Gasteiger partial charge < -0.3 is 10.6 Å². The highest BCUT2D eigenvalue weighted by atomic mass is 32.2. The molecule has 0 aliphatic carbocycles. The molecule has 0 amide bonds. The highest BCUT2D eigenvalue weighted by molar-refractivity contribution is 8.00. The average molecular weight is 306 g/mol. The molecule has 0 fully saturated rings. The van der Waals surface area contributed by atoms with Crippen LogP contribution in [0, 0.1) is 0 Å². The van der Waals surface area contributed by atoms with E-state index in [0.29, 0.717) is 29.3 Å². The third-order valence-electron chi connectivity index (χ3n) is 2.30. The van der Waals surface area contributed by atoms with E-state index in [4.69, 9.17) is 0 Å². The maximum atomic E-state index is 12.0. The summed E-state index contributed by atoms with van der Waals surface area (Å²) in [6.45, 7) is 2.68. The van der Waals surface area contributed by atoms with Crippen LogP contribution < -0.4 is 10.6 Å². The molecule has 0 atom stereocenters. The van der Waals surface area contributed by atoms with Crippen molar-refractivity contribution in [3.8, 4) is 0 Å². The van der Waals surface area contributed by atoms with Crippen molar-refractivity contribution < 1.29 is 13.2 Å². The van der Waals surface area contributed by atoms with E-state index in [1.165, 1.54) is 6.20 Å². The molecule has 2 aromatic heterocycles. The molecule has 2 heterocycles. The van der Waals surface area contributed by atoms with Gasteiger partial charge in [-0.3, -0.25) is 5.10 Å². The van der Waals surface area contributed by atoms with Gasteiger partial charge in [0.25, 0.3) is 0 Å². The number of fused-ring (bicyclic) bond motifs is 1. The zero-order valence-corrected chi connectivity index (χ0v) is 11.4. The van der Waals surface area contributed by atoms with Crippen molar-refractivity contribution in [3.63, 3.8) is 0 Å². The number of rotatable bonds is 6. The molecule has 10 heteroatoms. The first-order valence-corrected chi connectivity index (χ1v) is 6.87. The molecular weight excluding hydrogens is 293 g/mol. The van der Waals surface area contributed by atoms with Gasteiger partial charge in [0.1, 0.15) is 5.82 Å². The van der Waals surface area contributed by atoms with Gasteiger partial charge in [0.15, 0.2) is 5.65 Å². The summed E-state index contributed by atoms with van der Waals surface area (Å²) >= 11 is -0.0702. The fourth-order valence-corrected chi connectivity index (χ4v) is 1.98. The van der Waals surface area contributed by atoms with Gasteiger partial charge in [0, 0.05) is 18.8 Å². The standard InChI is InChI=1S/C10H13F3N6S/c1-2-14-9-17-7(6-5-16-19-8(6)18-9)15-3-4-20-10(11,12)13/h5H,2-4H2,1H3,(H3,14,15,16,17,18,19). The molecule has 110 valence electrons. The number of H-pyrrole nitrogens is 1. The Labute approximate surface area is 116 Å². The van der Waals surface area contributed by atoms with Crippen LogP contribution in [0.1, 0.15) is 6.92 Å². The van der Waals surface area contributed by atoms with Crippen LogP contribution in [0.25, 0.3) is 11.0 Å². The second kappa shape index (κ2) is 6.16. The Morgan fingerprint density at radius 1 is 1.30 bits per heavy atom. The molecule has 20 heavy (non-hydrogen) atoms. The van der Waals surface area contributed by atoms with Crippen LogP contribution in [-0.4, -0.2) is 44.5 Å². The summed E-state index contributed by atoms with van der Waals surface area (Å²) in [4.78, 5) is 8.40.